The van der Waals surface area contributed by atoms with E-state index < -0.39 is 0 Å². The number of nitrogens with one attached hydrogen (secondary N) is 1. The molecule has 2 aromatic carbocycles. The third-order valence-corrected chi connectivity index (χ3v) is 6.27. The van der Waals surface area contributed by atoms with Gasteiger partial charge in [0.1, 0.15) is 0 Å². The summed E-state index contributed by atoms with van der Waals surface area (Å²) in [5.41, 5.74) is 3.41. The van der Waals surface area contributed by atoms with Crippen molar-refractivity contribution < 1.29 is 4.79 Å². The number of hydrogen-bond donors (Lipinski definition) is 1. The molecule has 4 heteroatoms. The second kappa shape index (κ2) is 6.38. The number of nitrogens with zero attached hydrogens (tertiary/aromatic N) is 2. The molecule has 4 nitrogen and oxygen atoms in total. The highest BCUT2D eigenvalue weighted by Gasteiger charge is 2.58. The molecule has 5 rings (SSSR count). The Balaban J connectivity index is 1.26. The van der Waals surface area contributed by atoms with Gasteiger partial charge in [0.15, 0.2) is 0 Å². The van der Waals surface area contributed by atoms with E-state index in [1.54, 1.807) is 0 Å². The van der Waals surface area contributed by atoms with Gasteiger partial charge in [0, 0.05) is 42.0 Å². The van der Waals surface area contributed by atoms with Crippen molar-refractivity contribution in [3.8, 4) is 0 Å². The Bertz CT molecular complexity index is 972. The smallest absolute Gasteiger partial charge is 0.228 e. The molecule has 27 heavy (non-hydrogen) atoms. The SMILES string of the molecule is O=C(Nc1ccccc1)[C@@H]1CC12CCN(c1ccnc3ccccc13)CC2. The zero-order valence-corrected chi connectivity index (χ0v) is 15.3. The van der Waals surface area contributed by atoms with Crippen molar-refractivity contribution in [3.05, 3.63) is 66.9 Å². The molecule has 1 aliphatic carbocycles. The Hall–Kier alpha value is -2.88. The summed E-state index contributed by atoms with van der Waals surface area (Å²) in [4.78, 5) is 19.6. The van der Waals surface area contributed by atoms with Gasteiger partial charge in [0.2, 0.25) is 5.91 Å². The van der Waals surface area contributed by atoms with Crippen LogP contribution in [0.4, 0.5) is 11.4 Å². The molecule has 1 saturated heterocycles. The summed E-state index contributed by atoms with van der Waals surface area (Å²) < 4.78 is 0. The van der Waals surface area contributed by atoms with Crippen molar-refractivity contribution >= 4 is 28.2 Å². The van der Waals surface area contributed by atoms with Gasteiger partial charge in [-0.25, -0.2) is 0 Å². The number of amides is 1. The van der Waals surface area contributed by atoms with Gasteiger partial charge >= 0.3 is 0 Å². The van der Waals surface area contributed by atoms with E-state index >= 15 is 0 Å². The van der Waals surface area contributed by atoms with Gasteiger partial charge in [-0.1, -0.05) is 36.4 Å². The maximum atomic E-state index is 12.6. The zero-order valence-electron chi connectivity index (χ0n) is 15.3. The molecule has 3 aromatic rings. The monoisotopic (exact) mass is 357 g/mol. The third-order valence-electron chi connectivity index (χ3n) is 6.27. The minimum Gasteiger partial charge on any atom is -0.371 e. The van der Waals surface area contributed by atoms with E-state index in [0.29, 0.717) is 0 Å². The van der Waals surface area contributed by atoms with Crippen LogP contribution in [0.1, 0.15) is 19.3 Å². The topological polar surface area (TPSA) is 45.2 Å². The summed E-state index contributed by atoms with van der Waals surface area (Å²) in [6, 6.07) is 20.2. The summed E-state index contributed by atoms with van der Waals surface area (Å²) in [7, 11) is 0. The van der Waals surface area contributed by atoms with E-state index in [-0.39, 0.29) is 17.2 Å². The molecule has 2 heterocycles. The van der Waals surface area contributed by atoms with Crippen LogP contribution in [0.2, 0.25) is 0 Å². The summed E-state index contributed by atoms with van der Waals surface area (Å²) >= 11 is 0. The maximum Gasteiger partial charge on any atom is 0.228 e. The van der Waals surface area contributed by atoms with Crippen LogP contribution in [0.25, 0.3) is 10.9 Å². The number of rotatable bonds is 3. The van der Waals surface area contributed by atoms with E-state index in [1.165, 1.54) is 11.1 Å². The molecule has 1 aromatic heterocycles. The summed E-state index contributed by atoms with van der Waals surface area (Å²) in [6.07, 6.45) is 5.08. The summed E-state index contributed by atoms with van der Waals surface area (Å²) in [6.45, 7) is 2.01. The van der Waals surface area contributed by atoms with Crippen LogP contribution in [0, 0.1) is 11.3 Å². The second-order valence-electron chi connectivity index (χ2n) is 7.81. The normalized spacial score (nSPS) is 20.6. The number of carbonyl (C=O) groups excluding carboxylic acids is 1. The van der Waals surface area contributed by atoms with Gasteiger partial charge in [-0.2, -0.15) is 0 Å². The molecule has 1 saturated carbocycles. The van der Waals surface area contributed by atoms with Crippen molar-refractivity contribution in [1.29, 1.82) is 0 Å². The standard InChI is InChI=1S/C23H23N3O/c27-22(25-17-6-2-1-3-7-17)19-16-23(19)11-14-26(15-12-23)21-10-13-24-20-9-5-4-8-18(20)21/h1-10,13,19H,11-12,14-16H2,(H,25,27)/t19-/m0/s1. The molecule has 0 bridgehead atoms. The van der Waals surface area contributed by atoms with E-state index in [1.807, 2.05) is 42.6 Å². The Morgan fingerprint density at radius 1 is 1.00 bits per heavy atom. The van der Waals surface area contributed by atoms with E-state index in [9.17, 15) is 4.79 Å². The first-order chi connectivity index (χ1) is 13.3. The van der Waals surface area contributed by atoms with Gasteiger partial charge in [-0.05, 0) is 48.9 Å². The molecule has 1 spiro atoms. The number of benzene rings is 2. The Morgan fingerprint density at radius 3 is 2.56 bits per heavy atom. The first kappa shape index (κ1) is 16.3. The number of para-hydroxylation sites is 2. The van der Waals surface area contributed by atoms with Crippen molar-refractivity contribution in [2.45, 2.75) is 19.3 Å². The molecule has 2 aliphatic rings. The molecule has 0 radical (unpaired) electrons. The maximum absolute atomic E-state index is 12.6. The van der Waals surface area contributed by atoms with Crippen LogP contribution in [-0.2, 0) is 4.79 Å². The Labute approximate surface area is 159 Å². The van der Waals surface area contributed by atoms with Gasteiger partial charge in [-0.3, -0.25) is 9.78 Å². The number of anilines is 2. The quantitative estimate of drug-likeness (QED) is 0.752. The van der Waals surface area contributed by atoms with Crippen LogP contribution < -0.4 is 10.2 Å². The minimum atomic E-state index is 0.161. The number of piperidine rings is 1. The molecule has 1 amide bonds. The van der Waals surface area contributed by atoms with E-state index in [0.717, 1.165) is 43.6 Å². The lowest BCUT2D eigenvalue weighted by Crippen LogP contribution is -2.36. The van der Waals surface area contributed by atoms with Crippen molar-refractivity contribution in [1.82, 2.24) is 4.98 Å². The van der Waals surface area contributed by atoms with E-state index in [4.69, 9.17) is 0 Å². The van der Waals surface area contributed by atoms with Crippen molar-refractivity contribution in [3.63, 3.8) is 0 Å². The fourth-order valence-electron chi connectivity index (χ4n) is 4.57. The number of hydrogen-bond acceptors (Lipinski definition) is 3. The molecule has 2 fully saturated rings. The van der Waals surface area contributed by atoms with Crippen LogP contribution in [0.3, 0.4) is 0 Å². The van der Waals surface area contributed by atoms with Crippen molar-refractivity contribution in [2.75, 3.05) is 23.3 Å². The Morgan fingerprint density at radius 2 is 1.74 bits per heavy atom. The van der Waals surface area contributed by atoms with Crippen LogP contribution >= 0.6 is 0 Å². The lowest BCUT2D eigenvalue weighted by Gasteiger charge is -2.35. The van der Waals surface area contributed by atoms with Gasteiger partial charge in [-0.15, -0.1) is 0 Å². The molecule has 0 unspecified atom stereocenters. The minimum absolute atomic E-state index is 0.161. The van der Waals surface area contributed by atoms with Crippen LogP contribution in [0.15, 0.2) is 66.9 Å². The predicted octanol–water partition coefficient (Wildman–Crippen LogP) is 4.48. The first-order valence-corrected chi connectivity index (χ1v) is 9.70. The molecule has 1 aliphatic heterocycles. The lowest BCUT2D eigenvalue weighted by molar-refractivity contribution is -0.118. The van der Waals surface area contributed by atoms with Gasteiger partial charge < -0.3 is 10.2 Å². The van der Waals surface area contributed by atoms with Crippen LogP contribution in [0.5, 0.6) is 0 Å². The fourth-order valence-corrected chi connectivity index (χ4v) is 4.57. The average molecular weight is 357 g/mol. The fraction of sp³-hybridized carbons (Fsp3) is 0.304. The summed E-state index contributed by atoms with van der Waals surface area (Å²) in [5.74, 6) is 0.345. The average Bonchev–Trinajstić information content (AvgIpc) is 3.42. The lowest BCUT2D eigenvalue weighted by atomic mass is 9.90. The summed E-state index contributed by atoms with van der Waals surface area (Å²) in [5, 5.41) is 4.29. The van der Waals surface area contributed by atoms with Crippen LogP contribution in [-0.4, -0.2) is 24.0 Å². The number of fused-ring (bicyclic) bond motifs is 1. The molecule has 136 valence electrons. The number of aromatic nitrogens is 1. The highest BCUT2D eigenvalue weighted by atomic mass is 16.2. The molecule has 1 atom stereocenters. The van der Waals surface area contributed by atoms with E-state index in [2.05, 4.69) is 39.5 Å². The molecule has 1 N–H and O–H groups in total. The third kappa shape index (κ3) is 2.95. The zero-order chi connectivity index (χ0) is 18.3. The highest BCUT2D eigenvalue weighted by molar-refractivity contribution is 5.95. The highest BCUT2D eigenvalue weighted by Crippen LogP contribution is 2.60. The molecular weight excluding hydrogens is 334 g/mol. The van der Waals surface area contributed by atoms with Gasteiger partial charge in [0.05, 0.1) is 5.52 Å². The Kier molecular flexibility index (Phi) is 3.85. The largest absolute Gasteiger partial charge is 0.371 e. The number of pyridine rings is 1. The van der Waals surface area contributed by atoms with Crippen molar-refractivity contribution in [2.24, 2.45) is 11.3 Å². The second-order valence-corrected chi connectivity index (χ2v) is 7.81. The molecular formula is C23H23N3O. The number of carbonyl (C=O) groups is 1. The predicted molar refractivity (Wildman–Crippen MR) is 109 cm³/mol. The first-order valence-electron chi connectivity index (χ1n) is 9.70. The van der Waals surface area contributed by atoms with Gasteiger partial charge in [0.25, 0.3) is 0 Å².